The summed E-state index contributed by atoms with van der Waals surface area (Å²) in [7, 11) is 0. The molecule has 0 saturated carbocycles. The standard InChI is InChI=1S/C9H8ClFO2/c1-5-7(11)3-4-8(9(5)10)13-6(2)12/h3-4H,1-2H3. The molecule has 0 heterocycles. The highest BCUT2D eigenvalue weighted by molar-refractivity contribution is 6.32. The fraction of sp³-hybridized carbons (Fsp3) is 0.222. The first-order valence-electron chi connectivity index (χ1n) is 3.65. The molecule has 0 aromatic heterocycles. The summed E-state index contributed by atoms with van der Waals surface area (Å²) in [5.41, 5.74) is 0.278. The van der Waals surface area contributed by atoms with Crippen LogP contribution < -0.4 is 4.74 Å². The maximum atomic E-state index is 12.9. The minimum Gasteiger partial charge on any atom is -0.425 e. The van der Waals surface area contributed by atoms with Crippen LogP contribution in [0.25, 0.3) is 0 Å². The van der Waals surface area contributed by atoms with Crippen LogP contribution in [0.3, 0.4) is 0 Å². The SMILES string of the molecule is CC(=O)Oc1ccc(F)c(C)c1Cl. The molecule has 0 atom stereocenters. The molecule has 1 rings (SSSR count). The quantitative estimate of drug-likeness (QED) is 0.517. The molecule has 0 fully saturated rings. The topological polar surface area (TPSA) is 26.3 Å². The second kappa shape index (κ2) is 3.75. The van der Waals surface area contributed by atoms with E-state index in [0.717, 1.165) is 0 Å². The van der Waals surface area contributed by atoms with Gasteiger partial charge in [0.2, 0.25) is 0 Å². The Kier molecular flexibility index (Phi) is 2.88. The van der Waals surface area contributed by atoms with Gasteiger partial charge in [-0.05, 0) is 19.1 Å². The predicted octanol–water partition coefficient (Wildman–Crippen LogP) is 2.71. The smallest absolute Gasteiger partial charge is 0.308 e. The van der Waals surface area contributed by atoms with Crippen molar-refractivity contribution in [2.75, 3.05) is 0 Å². The van der Waals surface area contributed by atoms with Crippen LogP contribution in [0.15, 0.2) is 12.1 Å². The number of halogens is 2. The number of benzene rings is 1. The Bertz CT molecular complexity index is 350. The lowest BCUT2D eigenvalue weighted by molar-refractivity contribution is -0.131. The fourth-order valence-corrected chi connectivity index (χ4v) is 1.06. The summed E-state index contributed by atoms with van der Waals surface area (Å²) in [4.78, 5) is 10.6. The molecule has 0 radical (unpaired) electrons. The third-order valence-electron chi connectivity index (χ3n) is 1.54. The van der Waals surface area contributed by atoms with Crippen molar-refractivity contribution in [2.24, 2.45) is 0 Å². The summed E-state index contributed by atoms with van der Waals surface area (Å²) in [6.45, 7) is 2.78. The molecule has 0 spiro atoms. The van der Waals surface area contributed by atoms with Crippen molar-refractivity contribution >= 4 is 17.6 Å². The van der Waals surface area contributed by atoms with Crippen LogP contribution in [-0.4, -0.2) is 5.97 Å². The molecule has 13 heavy (non-hydrogen) atoms. The molecule has 0 N–H and O–H groups in total. The highest BCUT2D eigenvalue weighted by Gasteiger charge is 2.09. The molecule has 70 valence electrons. The second-order valence-electron chi connectivity index (χ2n) is 2.58. The number of hydrogen-bond donors (Lipinski definition) is 0. The van der Waals surface area contributed by atoms with Crippen molar-refractivity contribution in [1.82, 2.24) is 0 Å². The van der Waals surface area contributed by atoms with Crippen molar-refractivity contribution < 1.29 is 13.9 Å². The van der Waals surface area contributed by atoms with Gasteiger partial charge in [-0.2, -0.15) is 0 Å². The summed E-state index contributed by atoms with van der Waals surface area (Å²) >= 11 is 5.73. The highest BCUT2D eigenvalue weighted by Crippen LogP contribution is 2.29. The molecule has 0 unspecified atom stereocenters. The van der Waals surface area contributed by atoms with E-state index in [0.29, 0.717) is 0 Å². The third-order valence-corrected chi connectivity index (χ3v) is 2.01. The molecule has 0 aliphatic rings. The Balaban J connectivity index is 3.10. The Morgan fingerprint density at radius 1 is 1.54 bits per heavy atom. The lowest BCUT2D eigenvalue weighted by Crippen LogP contribution is -2.02. The van der Waals surface area contributed by atoms with Gasteiger partial charge in [0.05, 0.1) is 5.02 Å². The number of rotatable bonds is 1. The first-order chi connectivity index (χ1) is 6.02. The van der Waals surface area contributed by atoms with Gasteiger partial charge in [0.1, 0.15) is 11.6 Å². The molecule has 1 aromatic carbocycles. The maximum absolute atomic E-state index is 12.9. The summed E-state index contributed by atoms with van der Waals surface area (Å²) in [6, 6.07) is 2.53. The number of ether oxygens (including phenoxy) is 1. The van der Waals surface area contributed by atoms with Gasteiger partial charge in [-0.1, -0.05) is 11.6 Å². The van der Waals surface area contributed by atoms with E-state index in [1.807, 2.05) is 0 Å². The summed E-state index contributed by atoms with van der Waals surface area (Å²) in [5.74, 6) is -0.707. The van der Waals surface area contributed by atoms with Gasteiger partial charge in [-0.25, -0.2) is 4.39 Å². The summed E-state index contributed by atoms with van der Waals surface area (Å²) in [5, 5.41) is 0.134. The van der Waals surface area contributed by atoms with E-state index in [1.165, 1.54) is 26.0 Å². The van der Waals surface area contributed by atoms with Gasteiger partial charge >= 0.3 is 5.97 Å². The second-order valence-corrected chi connectivity index (χ2v) is 2.96. The molecule has 2 nitrogen and oxygen atoms in total. The van der Waals surface area contributed by atoms with Crippen molar-refractivity contribution in [3.8, 4) is 5.75 Å². The molecule has 0 saturated heterocycles. The lowest BCUT2D eigenvalue weighted by atomic mass is 10.2. The van der Waals surface area contributed by atoms with E-state index in [4.69, 9.17) is 16.3 Å². The average Bonchev–Trinajstić information content (AvgIpc) is 2.06. The van der Waals surface area contributed by atoms with Crippen LogP contribution in [-0.2, 0) is 4.79 Å². The van der Waals surface area contributed by atoms with E-state index >= 15 is 0 Å². The van der Waals surface area contributed by atoms with Crippen molar-refractivity contribution in [3.05, 3.63) is 28.5 Å². The third kappa shape index (κ3) is 2.18. The Hall–Kier alpha value is -1.09. The molecular formula is C9H8ClFO2. The van der Waals surface area contributed by atoms with Gasteiger partial charge in [0.15, 0.2) is 0 Å². The molecule has 4 heteroatoms. The Morgan fingerprint density at radius 3 is 2.69 bits per heavy atom. The summed E-state index contributed by atoms with van der Waals surface area (Å²) in [6.07, 6.45) is 0. The molecule has 0 aliphatic heterocycles. The molecule has 1 aromatic rings. The molecular weight excluding hydrogens is 195 g/mol. The number of carbonyl (C=O) groups is 1. The van der Waals surface area contributed by atoms with E-state index < -0.39 is 11.8 Å². The van der Waals surface area contributed by atoms with Crippen LogP contribution in [0.2, 0.25) is 5.02 Å². The van der Waals surface area contributed by atoms with Crippen LogP contribution in [0, 0.1) is 12.7 Å². The zero-order valence-electron chi connectivity index (χ0n) is 7.23. The maximum Gasteiger partial charge on any atom is 0.308 e. The minimum atomic E-state index is -0.479. The van der Waals surface area contributed by atoms with E-state index in [-0.39, 0.29) is 16.3 Å². The zero-order chi connectivity index (χ0) is 10.0. The zero-order valence-corrected chi connectivity index (χ0v) is 7.98. The first kappa shape index (κ1) is 9.99. The molecule has 0 bridgehead atoms. The minimum absolute atomic E-state index is 0.134. The molecule has 0 amide bonds. The Labute approximate surface area is 80.3 Å². The van der Waals surface area contributed by atoms with Crippen LogP contribution in [0.4, 0.5) is 4.39 Å². The van der Waals surface area contributed by atoms with Gasteiger partial charge in [0.25, 0.3) is 0 Å². The molecule has 0 aliphatic carbocycles. The van der Waals surface area contributed by atoms with Crippen molar-refractivity contribution in [3.63, 3.8) is 0 Å². The van der Waals surface area contributed by atoms with Crippen molar-refractivity contribution in [1.29, 1.82) is 0 Å². The normalized spacial score (nSPS) is 9.85. The van der Waals surface area contributed by atoms with Gasteiger partial charge in [-0.3, -0.25) is 4.79 Å². The van der Waals surface area contributed by atoms with Gasteiger partial charge < -0.3 is 4.74 Å². The van der Waals surface area contributed by atoms with Crippen molar-refractivity contribution in [2.45, 2.75) is 13.8 Å². The van der Waals surface area contributed by atoms with Crippen LogP contribution >= 0.6 is 11.6 Å². The van der Waals surface area contributed by atoms with Gasteiger partial charge in [-0.15, -0.1) is 0 Å². The number of hydrogen-bond acceptors (Lipinski definition) is 2. The fourth-order valence-electron chi connectivity index (χ4n) is 0.870. The highest BCUT2D eigenvalue weighted by atomic mass is 35.5. The van der Waals surface area contributed by atoms with E-state index in [9.17, 15) is 9.18 Å². The van der Waals surface area contributed by atoms with E-state index in [2.05, 4.69) is 0 Å². The average molecular weight is 203 g/mol. The predicted molar refractivity (Wildman–Crippen MR) is 47.5 cm³/mol. The Morgan fingerprint density at radius 2 is 2.15 bits per heavy atom. The monoisotopic (exact) mass is 202 g/mol. The van der Waals surface area contributed by atoms with E-state index in [1.54, 1.807) is 0 Å². The number of carbonyl (C=O) groups excluding carboxylic acids is 1. The van der Waals surface area contributed by atoms with Crippen LogP contribution in [0.1, 0.15) is 12.5 Å². The lowest BCUT2D eigenvalue weighted by Gasteiger charge is -2.06. The van der Waals surface area contributed by atoms with Crippen LogP contribution in [0.5, 0.6) is 5.75 Å². The summed E-state index contributed by atoms with van der Waals surface area (Å²) < 4.78 is 17.6. The number of esters is 1. The first-order valence-corrected chi connectivity index (χ1v) is 4.03. The largest absolute Gasteiger partial charge is 0.425 e. The van der Waals surface area contributed by atoms with Gasteiger partial charge in [0, 0.05) is 12.5 Å².